The zero-order valence-corrected chi connectivity index (χ0v) is 15.4. The third-order valence-corrected chi connectivity index (χ3v) is 6.26. The van der Waals surface area contributed by atoms with E-state index in [1.54, 1.807) is 11.3 Å². The summed E-state index contributed by atoms with van der Waals surface area (Å²) in [7, 11) is 0. The van der Waals surface area contributed by atoms with Crippen LogP contribution in [-0.2, 0) is 6.54 Å². The molecular formula is C20H30N2OS. The van der Waals surface area contributed by atoms with E-state index >= 15 is 0 Å². The second-order valence-electron chi connectivity index (χ2n) is 7.21. The summed E-state index contributed by atoms with van der Waals surface area (Å²) in [6, 6.07) is 4.83. The van der Waals surface area contributed by atoms with Gasteiger partial charge in [-0.2, -0.15) is 0 Å². The van der Waals surface area contributed by atoms with E-state index in [2.05, 4.69) is 34.2 Å². The molecule has 132 valence electrons. The zero-order chi connectivity index (χ0) is 16.6. The number of likely N-dealkylation sites (tertiary alicyclic amines) is 1. The molecule has 1 saturated heterocycles. The van der Waals surface area contributed by atoms with E-state index in [-0.39, 0.29) is 6.61 Å². The van der Waals surface area contributed by atoms with Crippen LogP contribution in [0, 0.1) is 17.8 Å². The molecule has 2 heterocycles. The highest BCUT2D eigenvalue weighted by atomic mass is 32.1. The van der Waals surface area contributed by atoms with Gasteiger partial charge in [-0.3, -0.25) is 0 Å². The molecule has 0 spiro atoms. The number of nitrogens with one attached hydrogen (secondary N) is 1. The van der Waals surface area contributed by atoms with Crippen LogP contribution in [0.15, 0.2) is 12.1 Å². The van der Waals surface area contributed by atoms with Crippen LogP contribution in [0.25, 0.3) is 0 Å². The van der Waals surface area contributed by atoms with Gasteiger partial charge in [0, 0.05) is 30.6 Å². The summed E-state index contributed by atoms with van der Waals surface area (Å²) in [6.07, 6.45) is 9.85. The minimum absolute atomic E-state index is 0.0651. The zero-order valence-electron chi connectivity index (χ0n) is 14.6. The van der Waals surface area contributed by atoms with Crippen molar-refractivity contribution in [3.63, 3.8) is 0 Å². The van der Waals surface area contributed by atoms with Crippen LogP contribution in [0.5, 0.6) is 0 Å². The van der Waals surface area contributed by atoms with Crippen molar-refractivity contribution < 1.29 is 5.11 Å². The predicted molar refractivity (Wildman–Crippen MR) is 101 cm³/mol. The summed E-state index contributed by atoms with van der Waals surface area (Å²) in [4.78, 5) is 5.08. The molecule has 24 heavy (non-hydrogen) atoms. The van der Waals surface area contributed by atoms with Crippen LogP contribution in [0.1, 0.15) is 54.7 Å². The fraction of sp³-hybridized carbons (Fsp3) is 0.700. The summed E-state index contributed by atoms with van der Waals surface area (Å²) >= 11 is 1.73. The summed E-state index contributed by atoms with van der Waals surface area (Å²) in [5, 5.41) is 12.5. The Bertz CT molecular complexity index is 553. The minimum atomic E-state index is -0.0651. The van der Waals surface area contributed by atoms with Crippen molar-refractivity contribution in [1.82, 2.24) is 10.2 Å². The quantitative estimate of drug-likeness (QED) is 0.804. The van der Waals surface area contributed by atoms with Crippen molar-refractivity contribution in [2.45, 2.75) is 57.5 Å². The van der Waals surface area contributed by atoms with Crippen LogP contribution in [0.4, 0.5) is 0 Å². The largest absolute Gasteiger partial charge is 0.384 e. The third kappa shape index (κ3) is 5.60. The molecule has 1 aromatic rings. The van der Waals surface area contributed by atoms with E-state index in [0.717, 1.165) is 17.3 Å². The van der Waals surface area contributed by atoms with E-state index in [9.17, 15) is 0 Å². The van der Waals surface area contributed by atoms with Gasteiger partial charge in [-0.25, -0.2) is 0 Å². The Morgan fingerprint density at radius 1 is 1.17 bits per heavy atom. The van der Waals surface area contributed by atoms with Crippen molar-refractivity contribution in [3.05, 3.63) is 21.9 Å². The van der Waals surface area contributed by atoms with Crippen LogP contribution < -0.4 is 5.32 Å². The first-order chi connectivity index (χ1) is 11.8. The van der Waals surface area contributed by atoms with Crippen LogP contribution >= 0.6 is 11.3 Å². The average molecular weight is 347 g/mol. The Labute approximate surface area is 150 Å². The third-order valence-electron chi connectivity index (χ3n) is 5.26. The molecule has 1 aliphatic heterocycles. The lowest BCUT2D eigenvalue weighted by atomic mass is 9.88. The van der Waals surface area contributed by atoms with Gasteiger partial charge in [-0.1, -0.05) is 31.1 Å². The first-order valence-corrected chi connectivity index (χ1v) is 10.3. The highest BCUT2D eigenvalue weighted by Crippen LogP contribution is 2.25. The number of piperidine rings is 1. The Morgan fingerprint density at radius 3 is 2.88 bits per heavy atom. The molecule has 2 aliphatic rings. The second-order valence-corrected chi connectivity index (χ2v) is 8.38. The number of aliphatic hydroxyl groups is 1. The van der Waals surface area contributed by atoms with Gasteiger partial charge < -0.3 is 15.3 Å². The predicted octanol–water partition coefficient (Wildman–Crippen LogP) is 3.23. The topological polar surface area (TPSA) is 35.5 Å². The smallest absolute Gasteiger partial charge is 0.104 e. The molecule has 3 rings (SSSR count). The first kappa shape index (κ1) is 17.9. The lowest BCUT2D eigenvalue weighted by Crippen LogP contribution is -2.46. The van der Waals surface area contributed by atoms with Crippen molar-refractivity contribution in [3.8, 4) is 11.8 Å². The van der Waals surface area contributed by atoms with E-state index in [1.165, 1.54) is 69.5 Å². The maximum Gasteiger partial charge on any atom is 0.104 e. The number of rotatable bonds is 5. The standard InChI is InChI=1S/C20H30N2OS/c23-13-5-9-19-10-11-20(24-19)14-21-18-8-4-12-22(16-18)15-17-6-2-1-3-7-17/h10-11,17-18,21,23H,1-4,6-8,12-16H2. The monoisotopic (exact) mass is 346 g/mol. The van der Waals surface area contributed by atoms with Crippen molar-refractivity contribution in [2.75, 3.05) is 26.2 Å². The summed E-state index contributed by atoms with van der Waals surface area (Å²) < 4.78 is 0. The number of nitrogens with zero attached hydrogens (tertiary/aromatic N) is 1. The fourth-order valence-electron chi connectivity index (χ4n) is 4.03. The number of aliphatic hydroxyl groups excluding tert-OH is 1. The van der Waals surface area contributed by atoms with Gasteiger partial charge in [0.1, 0.15) is 6.61 Å². The molecule has 0 radical (unpaired) electrons. The normalized spacial score (nSPS) is 23.0. The molecule has 1 unspecified atom stereocenters. The number of hydrogen-bond donors (Lipinski definition) is 2. The minimum Gasteiger partial charge on any atom is -0.384 e. The molecule has 2 fully saturated rings. The SMILES string of the molecule is OCC#Cc1ccc(CNC2CCCN(CC3CCCCC3)C2)s1. The van der Waals surface area contributed by atoms with Crippen LogP contribution in [0.2, 0.25) is 0 Å². The van der Waals surface area contributed by atoms with E-state index in [4.69, 9.17) is 5.11 Å². The van der Waals surface area contributed by atoms with Crippen molar-refractivity contribution in [1.29, 1.82) is 0 Å². The Hall–Kier alpha value is -0.860. The van der Waals surface area contributed by atoms with Gasteiger partial charge in [-0.05, 0) is 50.3 Å². The summed E-state index contributed by atoms with van der Waals surface area (Å²) in [5.74, 6) is 6.65. The van der Waals surface area contributed by atoms with E-state index in [1.807, 2.05) is 0 Å². The Balaban J connectivity index is 1.42. The highest BCUT2D eigenvalue weighted by Gasteiger charge is 2.23. The number of thiophene rings is 1. The fourth-order valence-corrected chi connectivity index (χ4v) is 4.87. The molecule has 0 amide bonds. The van der Waals surface area contributed by atoms with E-state index < -0.39 is 0 Å². The van der Waals surface area contributed by atoms with Crippen molar-refractivity contribution >= 4 is 11.3 Å². The molecule has 2 N–H and O–H groups in total. The van der Waals surface area contributed by atoms with Gasteiger partial charge in [0.15, 0.2) is 0 Å². The lowest BCUT2D eigenvalue weighted by Gasteiger charge is -2.36. The van der Waals surface area contributed by atoms with Gasteiger partial charge in [0.25, 0.3) is 0 Å². The lowest BCUT2D eigenvalue weighted by molar-refractivity contribution is 0.149. The second kappa shape index (κ2) is 9.58. The van der Waals surface area contributed by atoms with Crippen LogP contribution in [0.3, 0.4) is 0 Å². The van der Waals surface area contributed by atoms with Gasteiger partial charge in [-0.15, -0.1) is 11.3 Å². The first-order valence-electron chi connectivity index (χ1n) is 9.47. The molecule has 1 aromatic heterocycles. The van der Waals surface area contributed by atoms with Crippen molar-refractivity contribution in [2.24, 2.45) is 5.92 Å². The van der Waals surface area contributed by atoms with Crippen LogP contribution in [-0.4, -0.2) is 42.3 Å². The van der Waals surface area contributed by atoms with Gasteiger partial charge >= 0.3 is 0 Å². The number of hydrogen-bond acceptors (Lipinski definition) is 4. The average Bonchev–Trinajstić information content (AvgIpc) is 3.07. The Kier molecular flexibility index (Phi) is 7.16. The summed E-state index contributed by atoms with van der Waals surface area (Å²) in [6.45, 7) is 4.68. The molecule has 1 saturated carbocycles. The molecule has 0 aromatic carbocycles. The maximum absolute atomic E-state index is 8.76. The summed E-state index contributed by atoms with van der Waals surface area (Å²) in [5.41, 5.74) is 0. The maximum atomic E-state index is 8.76. The molecule has 4 heteroatoms. The molecule has 3 nitrogen and oxygen atoms in total. The van der Waals surface area contributed by atoms with Gasteiger partial charge in [0.05, 0.1) is 4.88 Å². The Morgan fingerprint density at radius 2 is 2.04 bits per heavy atom. The van der Waals surface area contributed by atoms with E-state index in [0.29, 0.717) is 6.04 Å². The molecule has 1 atom stereocenters. The molecular weight excluding hydrogens is 316 g/mol. The molecule has 0 bridgehead atoms. The molecule has 1 aliphatic carbocycles. The van der Waals surface area contributed by atoms with Gasteiger partial charge in [0.2, 0.25) is 0 Å². The highest BCUT2D eigenvalue weighted by molar-refractivity contribution is 7.12.